The molecule has 0 aliphatic rings. The molecule has 2 rings (SSSR count). The molecule has 0 heterocycles. The van der Waals surface area contributed by atoms with Gasteiger partial charge in [-0.1, -0.05) is 0 Å². The van der Waals surface area contributed by atoms with Gasteiger partial charge in [0.25, 0.3) is 0 Å². The average molecular weight is 460 g/mol. The van der Waals surface area contributed by atoms with E-state index in [0.29, 0.717) is 6.54 Å². The van der Waals surface area contributed by atoms with Crippen LogP contribution < -0.4 is 0 Å². The summed E-state index contributed by atoms with van der Waals surface area (Å²) < 4.78 is 5.90. The van der Waals surface area contributed by atoms with Gasteiger partial charge in [0.2, 0.25) is 0 Å². The number of amides is 1. The minimum atomic E-state index is -2.58. The van der Waals surface area contributed by atoms with Crippen LogP contribution in [-0.2, 0) is 11.3 Å². The molecule has 1 atom stereocenters. The van der Waals surface area contributed by atoms with Gasteiger partial charge in [-0.15, -0.1) is 0 Å². The molecule has 2 aromatic carbocycles. The van der Waals surface area contributed by atoms with Crippen molar-refractivity contribution in [1.82, 2.24) is 4.90 Å². The molecular formula is C22H31NO2Sn. The fourth-order valence-electron chi connectivity index (χ4n) is 3.14. The Morgan fingerprint density at radius 1 is 0.962 bits per heavy atom. The molecular weight excluding hydrogens is 429 g/mol. The Balaban J connectivity index is 2.46. The van der Waals surface area contributed by atoms with Gasteiger partial charge in [-0.2, -0.15) is 0 Å². The van der Waals surface area contributed by atoms with Crippen molar-refractivity contribution in [3.63, 3.8) is 0 Å². The standard InChI is InChI=1S/C19H22NO2.3CH3.Sn/c1-19(2,3)22-18(21)20(14-16-10-6-4-7-11-16)15-17-12-8-5-9-13-17;;;;/h4-14H,15H2,1-3H3;3*1H3;. The summed E-state index contributed by atoms with van der Waals surface area (Å²) in [5.41, 5.74) is 1.81. The summed E-state index contributed by atoms with van der Waals surface area (Å²) in [5, 5.41) is 0. The molecule has 0 aliphatic carbocycles. The van der Waals surface area contributed by atoms with E-state index in [4.69, 9.17) is 4.74 Å². The van der Waals surface area contributed by atoms with Gasteiger partial charge in [0.1, 0.15) is 0 Å². The van der Waals surface area contributed by atoms with E-state index in [1.807, 2.05) is 49.9 Å². The van der Waals surface area contributed by atoms with Crippen LogP contribution in [0, 0.1) is 0 Å². The third-order valence-corrected chi connectivity index (χ3v) is 10.6. The van der Waals surface area contributed by atoms with E-state index in [1.54, 1.807) is 0 Å². The summed E-state index contributed by atoms with van der Waals surface area (Å²) in [6.45, 7) is 6.32. The first kappa shape index (κ1) is 20.8. The van der Waals surface area contributed by atoms with E-state index in [1.165, 1.54) is 5.56 Å². The predicted molar refractivity (Wildman–Crippen MR) is 111 cm³/mol. The monoisotopic (exact) mass is 461 g/mol. The number of carbonyl (C=O) groups excluding carboxylic acids is 1. The fraction of sp³-hybridized carbons (Fsp3) is 0.409. The van der Waals surface area contributed by atoms with E-state index in [9.17, 15) is 4.79 Å². The first-order valence-electron chi connectivity index (χ1n) is 9.16. The van der Waals surface area contributed by atoms with Gasteiger partial charge in [-0.05, 0) is 0 Å². The first-order chi connectivity index (χ1) is 12.1. The number of nitrogens with zero attached hydrogens (tertiary/aromatic N) is 1. The minimum absolute atomic E-state index is 0.112. The van der Waals surface area contributed by atoms with Crippen molar-refractivity contribution in [3.05, 3.63) is 71.8 Å². The Labute approximate surface area is 162 Å². The topological polar surface area (TPSA) is 29.5 Å². The van der Waals surface area contributed by atoms with Crippen LogP contribution in [0.3, 0.4) is 0 Å². The molecule has 2 aromatic rings. The molecule has 0 saturated carbocycles. The van der Waals surface area contributed by atoms with Gasteiger partial charge in [-0.3, -0.25) is 0 Å². The molecule has 0 N–H and O–H groups in total. The summed E-state index contributed by atoms with van der Waals surface area (Å²) in [6, 6.07) is 20.6. The molecule has 0 spiro atoms. The molecule has 4 heteroatoms. The van der Waals surface area contributed by atoms with Crippen LogP contribution >= 0.6 is 0 Å². The number of hydrogen-bond acceptors (Lipinski definition) is 2. The van der Waals surface area contributed by atoms with Crippen LogP contribution in [-0.4, -0.2) is 35.0 Å². The Hall–Kier alpha value is -1.49. The normalized spacial score (nSPS) is 13.2. The Morgan fingerprint density at radius 3 is 1.92 bits per heavy atom. The van der Waals surface area contributed by atoms with Crippen molar-refractivity contribution in [2.24, 2.45) is 0 Å². The zero-order valence-corrected chi connectivity index (χ0v) is 19.7. The van der Waals surface area contributed by atoms with Gasteiger partial charge in [0.15, 0.2) is 0 Å². The van der Waals surface area contributed by atoms with E-state index in [-0.39, 0.29) is 10.2 Å². The molecule has 3 nitrogen and oxygen atoms in total. The summed E-state index contributed by atoms with van der Waals surface area (Å²) in [6.07, 6.45) is -0.234. The van der Waals surface area contributed by atoms with E-state index < -0.39 is 24.0 Å². The number of hydrogen-bond donors (Lipinski definition) is 0. The molecule has 0 fully saturated rings. The van der Waals surface area contributed by atoms with Crippen LogP contribution in [0.15, 0.2) is 60.7 Å². The van der Waals surface area contributed by atoms with Crippen molar-refractivity contribution >= 4 is 24.5 Å². The molecule has 0 bridgehead atoms. The van der Waals surface area contributed by atoms with Gasteiger partial charge in [-0.25, -0.2) is 0 Å². The van der Waals surface area contributed by atoms with Gasteiger partial charge < -0.3 is 0 Å². The number of rotatable bonds is 5. The fourth-order valence-corrected chi connectivity index (χ4v) is 9.78. The molecule has 0 aliphatic heterocycles. The second kappa shape index (κ2) is 8.47. The van der Waals surface area contributed by atoms with E-state index in [0.717, 1.165) is 5.56 Å². The number of ether oxygens (including phenoxy) is 1. The Morgan fingerprint density at radius 2 is 1.46 bits per heavy atom. The van der Waals surface area contributed by atoms with E-state index in [2.05, 4.69) is 51.2 Å². The Bertz CT molecular complexity index is 702. The second-order valence-electron chi connectivity index (χ2n) is 8.77. The van der Waals surface area contributed by atoms with Crippen LogP contribution in [0.1, 0.15) is 36.0 Å². The summed E-state index contributed by atoms with van der Waals surface area (Å²) >= 11 is -2.58. The SMILES string of the molecule is CC(C)(C)OC(=O)N(Cc1ccccc1)[CH](c1ccccc1)[Sn]([CH3])([CH3])[CH3]. The van der Waals surface area contributed by atoms with Crippen molar-refractivity contribution in [1.29, 1.82) is 0 Å². The first-order valence-corrected chi connectivity index (χ1v) is 19.4. The molecule has 0 saturated heterocycles. The predicted octanol–water partition coefficient (Wildman–Crippen LogP) is 6.04. The van der Waals surface area contributed by atoms with Crippen molar-refractivity contribution in [2.45, 2.75) is 51.8 Å². The zero-order valence-electron chi connectivity index (χ0n) is 16.8. The van der Waals surface area contributed by atoms with Crippen molar-refractivity contribution in [2.75, 3.05) is 0 Å². The zero-order chi connectivity index (χ0) is 19.4. The molecule has 1 amide bonds. The maximum atomic E-state index is 13.2. The summed E-state index contributed by atoms with van der Waals surface area (Å²) in [7, 11) is 0. The Kier molecular flexibility index (Phi) is 6.78. The number of benzene rings is 2. The van der Waals surface area contributed by atoms with Gasteiger partial charge >= 0.3 is 162 Å². The molecule has 0 aromatic heterocycles. The molecule has 1 unspecified atom stereocenters. The molecule has 0 radical (unpaired) electrons. The molecule has 26 heavy (non-hydrogen) atoms. The van der Waals surface area contributed by atoms with Crippen molar-refractivity contribution in [3.8, 4) is 0 Å². The van der Waals surface area contributed by atoms with Crippen LogP contribution in [0.25, 0.3) is 0 Å². The second-order valence-corrected chi connectivity index (χ2v) is 23.8. The third-order valence-electron chi connectivity index (χ3n) is 4.07. The third kappa shape index (κ3) is 6.04. The van der Waals surface area contributed by atoms with Gasteiger partial charge in [0, 0.05) is 0 Å². The van der Waals surface area contributed by atoms with Gasteiger partial charge in [0.05, 0.1) is 0 Å². The van der Waals surface area contributed by atoms with Crippen molar-refractivity contribution < 1.29 is 9.53 Å². The summed E-state index contributed by atoms with van der Waals surface area (Å²) in [5.74, 6) is 0. The summed E-state index contributed by atoms with van der Waals surface area (Å²) in [4.78, 5) is 22.2. The number of carbonyl (C=O) groups is 1. The van der Waals surface area contributed by atoms with E-state index >= 15 is 0 Å². The molecule has 140 valence electrons. The quantitative estimate of drug-likeness (QED) is 0.510. The van der Waals surface area contributed by atoms with Crippen LogP contribution in [0.4, 0.5) is 4.79 Å². The average Bonchev–Trinajstić information content (AvgIpc) is 2.53. The van der Waals surface area contributed by atoms with Crippen LogP contribution in [0.5, 0.6) is 0 Å². The van der Waals surface area contributed by atoms with Crippen LogP contribution in [0.2, 0.25) is 14.8 Å². The maximum absolute atomic E-state index is 13.2.